The fourth-order valence-corrected chi connectivity index (χ4v) is 5.24. The van der Waals surface area contributed by atoms with Gasteiger partial charge in [0.15, 0.2) is 0 Å². The van der Waals surface area contributed by atoms with Crippen molar-refractivity contribution in [1.29, 1.82) is 0 Å². The Hall–Kier alpha value is -1.43. The molecule has 0 saturated heterocycles. The van der Waals surface area contributed by atoms with Crippen LogP contribution in [0.4, 0.5) is 11.4 Å². The van der Waals surface area contributed by atoms with E-state index in [0.717, 1.165) is 0 Å². The Bertz CT molecular complexity index is 1180. The molecule has 0 heterocycles. The Kier molecular flexibility index (Phi) is 10.2. The molecular weight excluding hydrogens is 605 g/mol. The normalized spacial score (nSPS) is 12.3. The van der Waals surface area contributed by atoms with Crippen LogP contribution < -0.4 is 0 Å². The van der Waals surface area contributed by atoms with E-state index in [9.17, 15) is 0 Å². The van der Waals surface area contributed by atoms with E-state index in [2.05, 4.69) is 0 Å². The third-order valence-electron chi connectivity index (χ3n) is 5.18. The smallest absolute Gasteiger partial charge is 0.0439 e. The molecule has 0 aliphatic carbocycles. The zero-order chi connectivity index (χ0) is 24.2. The molecule has 0 saturated carbocycles. The second-order valence-corrected chi connectivity index (χ2v) is 9.86. The molecule has 4 rings (SSSR count). The first-order valence-corrected chi connectivity index (χ1v) is 12.5. The van der Waals surface area contributed by atoms with Crippen LogP contribution in [0, 0.1) is 0 Å². The van der Waals surface area contributed by atoms with E-state index in [1.807, 2.05) is 48.5 Å². The van der Waals surface area contributed by atoms with Crippen molar-refractivity contribution in [3.8, 4) is 0 Å². The summed E-state index contributed by atoms with van der Waals surface area (Å²) in [6.45, 7) is 0. The topological polar surface area (TPSA) is 28.2 Å². The van der Waals surface area contributed by atoms with Crippen molar-refractivity contribution in [2.45, 2.75) is 21.9 Å². The number of hydrogen-bond donors (Lipinski definition) is 0. The molecule has 2 unspecified atom stereocenters. The fourth-order valence-electron chi connectivity index (χ4n) is 3.60. The van der Waals surface area contributed by atoms with Crippen molar-refractivity contribution >= 4 is 83.0 Å². The van der Waals surface area contributed by atoms with E-state index in [1.165, 1.54) is 0 Å². The standard InChI is InChI=1S/C26H18Cl4N2S2.Ni/c27-15-7-5-8-16(28)23(15)25(31-19-11-1-3-13-21(19)33)26(24-17(29)9-6-10-18(24)30)32-20-12-2-4-14-22(20)34;/h1-14,25-26,33-34H;/q-2;/p-2. The molecule has 2 nitrogen and oxygen atoms in total. The second kappa shape index (κ2) is 12.7. The minimum Gasteiger partial charge on any atom is -0.781 e. The van der Waals surface area contributed by atoms with E-state index in [-0.39, 0.29) is 16.5 Å². The van der Waals surface area contributed by atoms with Gasteiger partial charge in [0.25, 0.3) is 0 Å². The Balaban J connectivity index is 0.00000342. The van der Waals surface area contributed by atoms with Gasteiger partial charge in [0.1, 0.15) is 0 Å². The summed E-state index contributed by atoms with van der Waals surface area (Å²) < 4.78 is 0. The van der Waals surface area contributed by atoms with Crippen LogP contribution in [0.3, 0.4) is 0 Å². The average Bonchev–Trinajstić information content (AvgIpc) is 2.80. The monoisotopic (exact) mass is 618 g/mol. The van der Waals surface area contributed by atoms with Crippen molar-refractivity contribution in [3.05, 3.63) is 127 Å². The van der Waals surface area contributed by atoms with Crippen molar-refractivity contribution in [3.63, 3.8) is 0 Å². The fraction of sp³-hybridized carbons (Fsp3) is 0.0769. The number of rotatable bonds is 7. The van der Waals surface area contributed by atoms with Gasteiger partial charge in [-0.25, -0.2) is 0 Å². The first kappa shape index (κ1) is 28.1. The first-order chi connectivity index (χ1) is 16.4. The minimum atomic E-state index is -0.697. The summed E-state index contributed by atoms with van der Waals surface area (Å²) in [5, 5.41) is 11.8. The van der Waals surface area contributed by atoms with Crippen LogP contribution in [-0.2, 0) is 41.7 Å². The molecule has 35 heavy (non-hydrogen) atoms. The maximum Gasteiger partial charge on any atom is 0.0439 e. The van der Waals surface area contributed by atoms with Gasteiger partial charge >= 0.3 is 0 Å². The van der Waals surface area contributed by atoms with Crippen LogP contribution in [0.2, 0.25) is 20.1 Å². The van der Waals surface area contributed by atoms with Gasteiger partial charge in [0, 0.05) is 36.6 Å². The minimum absolute atomic E-state index is 0. The van der Waals surface area contributed by atoms with E-state index in [4.69, 9.17) is 82.3 Å². The van der Waals surface area contributed by atoms with Gasteiger partial charge in [-0.15, -0.1) is 0 Å². The van der Waals surface area contributed by atoms with Crippen molar-refractivity contribution in [1.82, 2.24) is 0 Å². The number of benzene rings is 4. The summed E-state index contributed by atoms with van der Waals surface area (Å²) in [4.78, 5) is 1.17. The summed E-state index contributed by atoms with van der Waals surface area (Å²) >= 11 is 37.8. The zero-order valence-electron chi connectivity index (χ0n) is 17.8. The largest absolute Gasteiger partial charge is 0.781 e. The molecule has 0 amide bonds. The maximum atomic E-state index is 6.68. The molecule has 0 aliphatic rings. The van der Waals surface area contributed by atoms with E-state index < -0.39 is 12.1 Å². The summed E-state index contributed by atoms with van der Waals surface area (Å²) in [6, 6.07) is 24.0. The number of hydrogen-bond acceptors (Lipinski definition) is 2. The first-order valence-electron chi connectivity index (χ1n) is 10.2. The molecule has 184 valence electrons. The van der Waals surface area contributed by atoms with E-state index >= 15 is 0 Å². The van der Waals surface area contributed by atoms with E-state index in [0.29, 0.717) is 52.4 Å². The van der Waals surface area contributed by atoms with Gasteiger partial charge in [-0.3, -0.25) is 0 Å². The predicted octanol–water partition coefficient (Wildman–Crippen LogP) is 10.3. The summed E-state index contributed by atoms with van der Waals surface area (Å²) in [6.07, 6.45) is 0. The third kappa shape index (κ3) is 6.48. The third-order valence-corrected chi connectivity index (χ3v) is 7.19. The molecule has 4 aromatic rings. The quantitative estimate of drug-likeness (QED) is 0.152. The summed E-state index contributed by atoms with van der Waals surface area (Å²) in [5.74, 6) is 0. The van der Waals surface area contributed by atoms with Crippen LogP contribution >= 0.6 is 46.4 Å². The molecular formula is C26H16Cl4N2NiS2-4. The van der Waals surface area contributed by atoms with Crippen molar-refractivity contribution < 1.29 is 16.5 Å². The molecule has 0 aromatic heterocycles. The molecule has 0 spiro atoms. The van der Waals surface area contributed by atoms with Gasteiger partial charge in [-0.05, 0) is 35.4 Å². The van der Waals surface area contributed by atoms with Gasteiger partial charge in [0.2, 0.25) is 0 Å². The zero-order valence-corrected chi connectivity index (χ0v) is 23.4. The molecule has 2 atom stereocenters. The average molecular weight is 621 g/mol. The number of halogens is 4. The molecule has 4 aromatic carbocycles. The van der Waals surface area contributed by atoms with Crippen molar-refractivity contribution in [2.24, 2.45) is 0 Å². The van der Waals surface area contributed by atoms with Gasteiger partial charge in [0.05, 0.1) is 0 Å². The molecule has 0 N–H and O–H groups in total. The molecule has 0 bridgehead atoms. The Morgan fingerprint density at radius 3 is 1.11 bits per heavy atom. The van der Waals surface area contributed by atoms with Crippen LogP contribution in [0.5, 0.6) is 0 Å². The van der Waals surface area contributed by atoms with Crippen LogP contribution in [-0.4, -0.2) is 0 Å². The van der Waals surface area contributed by atoms with Crippen molar-refractivity contribution in [2.75, 3.05) is 0 Å². The summed E-state index contributed by atoms with van der Waals surface area (Å²) in [7, 11) is 0. The Labute approximate surface area is 246 Å². The van der Waals surface area contributed by atoms with Gasteiger partial charge < -0.3 is 35.9 Å². The van der Waals surface area contributed by atoms with Crippen LogP contribution in [0.1, 0.15) is 23.2 Å². The number of nitrogens with zero attached hydrogens (tertiary/aromatic N) is 2. The molecule has 0 radical (unpaired) electrons. The Morgan fingerprint density at radius 1 is 0.486 bits per heavy atom. The predicted molar refractivity (Wildman–Crippen MR) is 149 cm³/mol. The van der Waals surface area contributed by atoms with E-state index in [1.54, 1.807) is 36.4 Å². The molecule has 0 aliphatic heterocycles. The van der Waals surface area contributed by atoms with Gasteiger partial charge in [-0.1, -0.05) is 119 Å². The van der Waals surface area contributed by atoms with Gasteiger partial charge in [-0.2, -0.15) is 21.2 Å². The SMILES string of the molecule is [Ni].[S-]c1ccccc1[N-]C(c1c(Cl)cccc1Cl)C([N-]c1ccccc1[S-])c1c(Cl)cccc1Cl. The maximum absolute atomic E-state index is 6.68. The van der Waals surface area contributed by atoms with Crippen LogP contribution in [0.25, 0.3) is 10.6 Å². The Morgan fingerprint density at radius 2 is 0.800 bits per heavy atom. The molecule has 9 heteroatoms. The molecule has 0 fully saturated rings. The number of para-hydroxylation sites is 2. The summed E-state index contributed by atoms with van der Waals surface area (Å²) in [5.41, 5.74) is 2.40. The second-order valence-electron chi connectivity index (χ2n) is 7.35. The van der Waals surface area contributed by atoms with Crippen LogP contribution in [0.15, 0.2) is 94.7 Å².